The number of hydrogen-bond donors (Lipinski definition) is 0. The van der Waals surface area contributed by atoms with Crippen molar-refractivity contribution in [1.29, 1.82) is 0 Å². The first-order chi connectivity index (χ1) is 11.1. The van der Waals surface area contributed by atoms with Gasteiger partial charge in [0.05, 0.1) is 12.2 Å². The van der Waals surface area contributed by atoms with Crippen molar-refractivity contribution in [3.63, 3.8) is 0 Å². The fourth-order valence-electron chi connectivity index (χ4n) is 2.74. The molecule has 0 amide bonds. The molecular weight excluding hydrogens is 308 g/mol. The summed E-state index contributed by atoms with van der Waals surface area (Å²) in [6.45, 7) is 4.51. The van der Waals surface area contributed by atoms with E-state index in [1.807, 2.05) is 25.1 Å². The quantitative estimate of drug-likeness (QED) is 0.484. The molecule has 0 saturated heterocycles. The van der Waals surface area contributed by atoms with Crippen LogP contribution in [0.15, 0.2) is 46.2 Å². The van der Waals surface area contributed by atoms with Gasteiger partial charge < -0.3 is 9.29 Å². The molecule has 2 aromatic rings. The SMILES string of the molecule is CCCCOC(=O)c1ccc2c(c1)[S+]([O-])c1ccc(C)cc1C2. The Kier molecular flexibility index (Phi) is 4.74. The van der Waals surface area contributed by atoms with E-state index in [1.165, 1.54) is 5.56 Å². The van der Waals surface area contributed by atoms with E-state index < -0.39 is 11.2 Å². The van der Waals surface area contributed by atoms with Crippen LogP contribution in [0.4, 0.5) is 0 Å². The Morgan fingerprint density at radius 2 is 2.00 bits per heavy atom. The minimum Gasteiger partial charge on any atom is -0.606 e. The summed E-state index contributed by atoms with van der Waals surface area (Å²) in [5.74, 6) is -0.340. The Morgan fingerprint density at radius 1 is 1.17 bits per heavy atom. The molecule has 3 rings (SSSR count). The molecule has 1 heterocycles. The molecule has 0 aromatic heterocycles. The summed E-state index contributed by atoms with van der Waals surface area (Å²) in [6.07, 6.45) is 2.59. The van der Waals surface area contributed by atoms with Crippen LogP contribution in [-0.2, 0) is 22.3 Å². The first-order valence-electron chi connectivity index (χ1n) is 7.91. The molecule has 1 aliphatic rings. The summed E-state index contributed by atoms with van der Waals surface area (Å²) in [5.41, 5.74) is 3.77. The van der Waals surface area contributed by atoms with Gasteiger partial charge in [0, 0.05) is 34.8 Å². The summed E-state index contributed by atoms with van der Waals surface area (Å²) < 4.78 is 18.1. The van der Waals surface area contributed by atoms with Gasteiger partial charge in [-0.05, 0) is 25.5 Å². The molecule has 2 aromatic carbocycles. The van der Waals surface area contributed by atoms with Gasteiger partial charge >= 0.3 is 5.97 Å². The molecule has 0 fully saturated rings. The number of carbonyl (C=O) groups is 1. The van der Waals surface area contributed by atoms with Crippen LogP contribution in [0.5, 0.6) is 0 Å². The molecule has 1 atom stereocenters. The molecule has 0 saturated carbocycles. The Labute approximate surface area is 139 Å². The van der Waals surface area contributed by atoms with Crippen molar-refractivity contribution in [3.8, 4) is 0 Å². The number of benzene rings is 2. The monoisotopic (exact) mass is 328 g/mol. The van der Waals surface area contributed by atoms with Gasteiger partial charge in [-0.25, -0.2) is 4.79 Å². The predicted octanol–water partition coefficient (Wildman–Crippen LogP) is 4.02. The molecule has 0 N–H and O–H groups in total. The average molecular weight is 328 g/mol. The maximum atomic E-state index is 12.8. The van der Waals surface area contributed by atoms with Gasteiger partial charge in [0.1, 0.15) is 0 Å². The third-order valence-corrected chi connectivity index (χ3v) is 5.61. The highest BCUT2D eigenvalue weighted by atomic mass is 32.2. The highest BCUT2D eigenvalue weighted by Crippen LogP contribution is 2.35. The lowest BCUT2D eigenvalue weighted by atomic mass is 10.0. The third-order valence-electron chi connectivity index (χ3n) is 4.03. The van der Waals surface area contributed by atoms with Crippen LogP contribution in [0.1, 0.15) is 46.8 Å². The Hall–Kier alpha value is -1.78. The van der Waals surface area contributed by atoms with Crippen LogP contribution in [0.3, 0.4) is 0 Å². The standard InChI is InChI=1S/C19H20O3S/c1-3-4-9-22-19(20)15-7-6-14-11-16-10-13(2)5-8-17(16)23(21)18(14)12-15/h5-8,10,12H,3-4,9,11H2,1-2H3. The third kappa shape index (κ3) is 3.28. The number of aryl methyl sites for hydroxylation is 1. The van der Waals surface area contributed by atoms with Gasteiger partial charge in [-0.3, -0.25) is 0 Å². The summed E-state index contributed by atoms with van der Waals surface area (Å²) in [7, 11) is 0. The zero-order chi connectivity index (χ0) is 16.4. The first-order valence-corrected chi connectivity index (χ1v) is 9.06. The number of ether oxygens (including phenoxy) is 1. The number of hydrogen-bond acceptors (Lipinski definition) is 3. The van der Waals surface area contributed by atoms with E-state index in [9.17, 15) is 9.35 Å². The second-order valence-corrected chi connectivity index (χ2v) is 7.29. The van der Waals surface area contributed by atoms with E-state index in [4.69, 9.17) is 4.74 Å². The zero-order valence-electron chi connectivity index (χ0n) is 13.4. The van der Waals surface area contributed by atoms with E-state index >= 15 is 0 Å². The van der Waals surface area contributed by atoms with Crippen molar-refractivity contribution in [2.45, 2.75) is 42.9 Å². The maximum absolute atomic E-state index is 12.8. The second kappa shape index (κ2) is 6.77. The van der Waals surface area contributed by atoms with E-state index in [0.29, 0.717) is 12.2 Å². The molecule has 4 heteroatoms. The van der Waals surface area contributed by atoms with Crippen LogP contribution in [0.2, 0.25) is 0 Å². The van der Waals surface area contributed by atoms with Crippen LogP contribution in [0, 0.1) is 6.92 Å². The molecular formula is C19H20O3S. The van der Waals surface area contributed by atoms with Gasteiger partial charge in [-0.15, -0.1) is 0 Å². The lowest BCUT2D eigenvalue weighted by Gasteiger charge is -2.22. The lowest BCUT2D eigenvalue weighted by Crippen LogP contribution is -2.16. The highest BCUT2D eigenvalue weighted by molar-refractivity contribution is 7.91. The van der Waals surface area contributed by atoms with Crippen molar-refractivity contribution in [1.82, 2.24) is 0 Å². The fraction of sp³-hybridized carbons (Fsp3) is 0.316. The lowest BCUT2D eigenvalue weighted by molar-refractivity contribution is 0.0499. The van der Waals surface area contributed by atoms with Gasteiger partial charge in [0.15, 0.2) is 9.79 Å². The van der Waals surface area contributed by atoms with Crippen molar-refractivity contribution in [2.75, 3.05) is 6.61 Å². The average Bonchev–Trinajstić information content (AvgIpc) is 2.54. The number of carbonyl (C=O) groups excluding carboxylic acids is 1. The smallest absolute Gasteiger partial charge is 0.338 e. The number of rotatable bonds is 4. The largest absolute Gasteiger partial charge is 0.606 e. The van der Waals surface area contributed by atoms with Gasteiger partial charge in [0.2, 0.25) is 0 Å². The molecule has 0 bridgehead atoms. The molecule has 0 spiro atoms. The molecule has 3 nitrogen and oxygen atoms in total. The summed E-state index contributed by atoms with van der Waals surface area (Å²) in [4.78, 5) is 13.7. The maximum Gasteiger partial charge on any atom is 0.338 e. The Bertz CT molecular complexity index is 739. The molecule has 120 valence electrons. The molecule has 0 radical (unpaired) electrons. The highest BCUT2D eigenvalue weighted by Gasteiger charge is 2.29. The van der Waals surface area contributed by atoms with Crippen molar-refractivity contribution >= 4 is 17.1 Å². The number of esters is 1. The van der Waals surface area contributed by atoms with Crippen molar-refractivity contribution < 1.29 is 14.1 Å². The molecule has 23 heavy (non-hydrogen) atoms. The summed E-state index contributed by atoms with van der Waals surface area (Å²) in [5, 5.41) is 0. The van der Waals surface area contributed by atoms with E-state index in [-0.39, 0.29) is 5.97 Å². The van der Waals surface area contributed by atoms with Gasteiger partial charge in [-0.1, -0.05) is 37.1 Å². The Balaban J connectivity index is 1.87. The van der Waals surface area contributed by atoms with Crippen LogP contribution in [0.25, 0.3) is 0 Å². The minimum absolute atomic E-state index is 0.340. The van der Waals surface area contributed by atoms with E-state index in [1.54, 1.807) is 12.1 Å². The number of fused-ring (bicyclic) bond motifs is 2. The van der Waals surface area contributed by atoms with Crippen molar-refractivity contribution in [2.24, 2.45) is 0 Å². The Morgan fingerprint density at radius 3 is 2.78 bits per heavy atom. The minimum atomic E-state index is -1.24. The number of unbranched alkanes of at least 4 members (excludes halogenated alkanes) is 1. The normalized spacial score (nSPS) is 15.7. The topological polar surface area (TPSA) is 49.4 Å². The van der Waals surface area contributed by atoms with Crippen LogP contribution >= 0.6 is 0 Å². The predicted molar refractivity (Wildman–Crippen MR) is 90.3 cm³/mol. The summed E-state index contributed by atoms with van der Waals surface area (Å²) in [6, 6.07) is 11.4. The fourth-order valence-corrected chi connectivity index (χ4v) is 4.15. The van der Waals surface area contributed by atoms with E-state index in [0.717, 1.165) is 40.2 Å². The summed E-state index contributed by atoms with van der Waals surface area (Å²) >= 11 is -1.24. The first kappa shape index (κ1) is 16.1. The van der Waals surface area contributed by atoms with Gasteiger partial charge in [0.25, 0.3) is 0 Å². The molecule has 1 unspecified atom stereocenters. The van der Waals surface area contributed by atoms with Crippen LogP contribution in [-0.4, -0.2) is 17.1 Å². The molecule has 1 aliphatic heterocycles. The van der Waals surface area contributed by atoms with Crippen molar-refractivity contribution in [3.05, 3.63) is 58.7 Å². The molecule has 0 aliphatic carbocycles. The zero-order valence-corrected chi connectivity index (χ0v) is 14.2. The van der Waals surface area contributed by atoms with Crippen LogP contribution < -0.4 is 0 Å². The van der Waals surface area contributed by atoms with Gasteiger partial charge in [-0.2, -0.15) is 0 Å². The second-order valence-electron chi connectivity index (χ2n) is 5.87. The van der Waals surface area contributed by atoms with E-state index in [2.05, 4.69) is 13.0 Å².